The molecular weight excluding hydrogens is 100 g/mol. The molecule has 0 aromatic carbocycles. The van der Waals surface area contributed by atoms with E-state index in [0.29, 0.717) is 0 Å². The van der Waals surface area contributed by atoms with Gasteiger partial charge < -0.3 is 5.32 Å². The van der Waals surface area contributed by atoms with E-state index < -0.39 is 0 Å². The molecule has 45 valence electrons. The van der Waals surface area contributed by atoms with E-state index in [1.165, 1.54) is 0 Å². The lowest BCUT2D eigenvalue weighted by atomic mass is 10.5. The second-order valence-corrected chi connectivity index (χ2v) is 1.24. The fourth-order valence-electron chi connectivity index (χ4n) is 0.287. The number of nitrogens with one attached hydrogen (secondary N) is 1. The molecule has 0 heterocycles. The molecule has 0 aliphatic heterocycles. The zero-order valence-corrected chi connectivity index (χ0v) is 4.93. The Morgan fingerprint density at radius 1 is 1.12 bits per heavy atom. The largest absolute Gasteiger partial charge is 0.310 e. The standard InChI is InChI=1S/C6H11N.N/c1-3-5-7-6-4-2;/h3-4,7H,1-2,5-6H2;. The lowest BCUT2D eigenvalue weighted by Gasteiger charge is -1.90. The van der Waals surface area contributed by atoms with Crippen LogP contribution in [-0.2, 0) is 0 Å². The predicted molar refractivity (Wildman–Crippen MR) is 35.4 cm³/mol. The van der Waals surface area contributed by atoms with Crippen LogP contribution in [0, 0.1) is 0 Å². The number of nitrogens with zero attached hydrogens (tertiary/aromatic N) is 1. The molecule has 0 spiro atoms. The highest BCUT2D eigenvalue weighted by molar-refractivity contribution is 4.75. The van der Waals surface area contributed by atoms with Gasteiger partial charge in [0.05, 0.1) is 0 Å². The average molecular weight is 111 g/mol. The summed E-state index contributed by atoms with van der Waals surface area (Å²) < 4.78 is 0. The molecule has 0 aromatic rings. The molecule has 0 unspecified atom stereocenters. The number of hydrogen-bond acceptors (Lipinski definition) is 1. The first-order chi connectivity index (χ1) is 3.41. The predicted octanol–water partition coefficient (Wildman–Crippen LogP) is 0.467. The minimum Gasteiger partial charge on any atom is -0.310 e. The van der Waals surface area contributed by atoms with E-state index in [-0.39, 0.29) is 6.15 Å². The second kappa shape index (κ2) is 9.64. The normalized spacial score (nSPS) is 7.00. The summed E-state index contributed by atoms with van der Waals surface area (Å²) >= 11 is 0. The second-order valence-electron chi connectivity index (χ2n) is 1.24. The summed E-state index contributed by atoms with van der Waals surface area (Å²) in [6, 6.07) is 0. The lowest BCUT2D eigenvalue weighted by Crippen LogP contribution is -2.11. The lowest BCUT2D eigenvalue weighted by molar-refractivity contribution is 0.845. The van der Waals surface area contributed by atoms with Gasteiger partial charge in [0.2, 0.25) is 0 Å². The summed E-state index contributed by atoms with van der Waals surface area (Å²) in [5.41, 5.74) is 0. The molecule has 8 heavy (non-hydrogen) atoms. The van der Waals surface area contributed by atoms with Crippen LogP contribution in [0.1, 0.15) is 0 Å². The van der Waals surface area contributed by atoms with E-state index in [0.717, 1.165) is 13.1 Å². The van der Waals surface area contributed by atoms with E-state index in [4.69, 9.17) is 0 Å². The van der Waals surface area contributed by atoms with Crippen LogP contribution in [-0.4, -0.2) is 13.1 Å². The third-order valence-corrected chi connectivity index (χ3v) is 0.577. The Morgan fingerprint density at radius 2 is 1.50 bits per heavy atom. The minimum absolute atomic E-state index is 0. The topological polar surface area (TPSA) is 42.5 Å². The molecule has 0 saturated heterocycles. The van der Waals surface area contributed by atoms with Gasteiger partial charge in [-0.05, 0) is 0 Å². The van der Waals surface area contributed by atoms with Crippen molar-refractivity contribution in [3.63, 3.8) is 0 Å². The van der Waals surface area contributed by atoms with E-state index in [9.17, 15) is 0 Å². The highest BCUT2D eigenvalue weighted by Crippen LogP contribution is 1.59. The molecule has 0 amide bonds. The Balaban J connectivity index is 0. The molecule has 0 saturated carbocycles. The maximum absolute atomic E-state index is 3.54. The summed E-state index contributed by atoms with van der Waals surface area (Å²) in [5.74, 6) is 0. The average Bonchev–Trinajstić information content (AvgIpc) is 1.69. The van der Waals surface area contributed by atoms with E-state index in [2.05, 4.69) is 18.5 Å². The molecule has 2 heteroatoms. The summed E-state index contributed by atoms with van der Waals surface area (Å²) in [6.45, 7) is 8.81. The van der Waals surface area contributed by atoms with Gasteiger partial charge in [0.15, 0.2) is 0 Å². The SMILES string of the molecule is C=CCNCC=C.[N]. The fraction of sp³-hybridized carbons (Fsp3) is 0.333. The monoisotopic (exact) mass is 111 g/mol. The van der Waals surface area contributed by atoms with Crippen LogP contribution in [0.2, 0.25) is 0 Å². The molecule has 0 atom stereocenters. The molecule has 0 aliphatic carbocycles. The van der Waals surface area contributed by atoms with Gasteiger partial charge in [-0.2, -0.15) is 0 Å². The zero-order valence-electron chi connectivity index (χ0n) is 4.93. The van der Waals surface area contributed by atoms with Crippen LogP contribution in [0.4, 0.5) is 0 Å². The maximum Gasteiger partial charge on any atom is 0.0135 e. The van der Waals surface area contributed by atoms with Crippen LogP contribution < -0.4 is 11.5 Å². The van der Waals surface area contributed by atoms with Crippen molar-refractivity contribution in [3.05, 3.63) is 25.3 Å². The van der Waals surface area contributed by atoms with Crippen molar-refractivity contribution in [2.75, 3.05) is 13.1 Å². The van der Waals surface area contributed by atoms with Gasteiger partial charge >= 0.3 is 0 Å². The zero-order chi connectivity index (χ0) is 5.54. The molecule has 0 rings (SSSR count). The Hall–Kier alpha value is -0.600. The maximum atomic E-state index is 3.54. The van der Waals surface area contributed by atoms with Crippen LogP contribution in [0.3, 0.4) is 0 Å². The first kappa shape index (κ1) is 10.4. The van der Waals surface area contributed by atoms with Crippen molar-refractivity contribution in [2.24, 2.45) is 0 Å². The summed E-state index contributed by atoms with van der Waals surface area (Å²) in [7, 11) is 0. The molecule has 0 aromatic heterocycles. The Bertz CT molecular complexity index is 51.5. The molecular formula is C6H11N2. The summed E-state index contributed by atoms with van der Waals surface area (Å²) in [6.07, 6.45) is 3.65. The van der Waals surface area contributed by atoms with Crippen molar-refractivity contribution in [1.82, 2.24) is 11.5 Å². The smallest absolute Gasteiger partial charge is 0.0135 e. The van der Waals surface area contributed by atoms with Crippen molar-refractivity contribution in [1.29, 1.82) is 0 Å². The van der Waals surface area contributed by atoms with Crippen LogP contribution in [0.15, 0.2) is 25.3 Å². The molecule has 0 fully saturated rings. The van der Waals surface area contributed by atoms with E-state index in [1.807, 2.05) is 12.2 Å². The quantitative estimate of drug-likeness (QED) is 0.416. The number of rotatable bonds is 4. The first-order valence-corrected chi connectivity index (χ1v) is 2.34. The summed E-state index contributed by atoms with van der Waals surface area (Å²) in [5, 5.41) is 3.05. The van der Waals surface area contributed by atoms with Gasteiger partial charge in [-0.25, -0.2) is 0 Å². The van der Waals surface area contributed by atoms with E-state index in [1.54, 1.807) is 0 Å². The number of hydrogen-bond donors (Lipinski definition) is 1. The fourth-order valence-corrected chi connectivity index (χ4v) is 0.287. The van der Waals surface area contributed by atoms with Crippen LogP contribution in [0.25, 0.3) is 0 Å². The molecule has 3 radical (unpaired) electrons. The van der Waals surface area contributed by atoms with E-state index >= 15 is 0 Å². The van der Waals surface area contributed by atoms with Crippen molar-refractivity contribution in [2.45, 2.75) is 0 Å². The molecule has 0 bridgehead atoms. The first-order valence-electron chi connectivity index (χ1n) is 2.34. The van der Waals surface area contributed by atoms with Gasteiger partial charge in [0.1, 0.15) is 0 Å². The Labute approximate surface area is 50.9 Å². The highest BCUT2D eigenvalue weighted by Gasteiger charge is 1.69. The van der Waals surface area contributed by atoms with Crippen molar-refractivity contribution < 1.29 is 0 Å². The third-order valence-electron chi connectivity index (χ3n) is 0.577. The third kappa shape index (κ3) is 9.04. The Kier molecular flexibility index (Phi) is 12.5. The van der Waals surface area contributed by atoms with Gasteiger partial charge in [-0.1, -0.05) is 12.2 Å². The minimum atomic E-state index is 0. The van der Waals surface area contributed by atoms with Gasteiger partial charge in [-0.15, -0.1) is 13.2 Å². The van der Waals surface area contributed by atoms with Crippen LogP contribution >= 0.6 is 0 Å². The van der Waals surface area contributed by atoms with Crippen LogP contribution in [0.5, 0.6) is 0 Å². The van der Waals surface area contributed by atoms with Crippen molar-refractivity contribution >= 4 is 0 Å². The molecule has 0 aliphatic rings. The highest BCUT2D eigenvalue weighted by atomic mass is 14.8. The van der Waals surface area contributed by atoms with Crippen molar-refractivity contribution in [3.8, 4) is 0 Å². The molecule has 2 nitrogen and oxygen atoms in total. The van der Waals surface area contributed by atoms with Gasteiger partial charge in [-0.3, -0.25) is 0 Å². The Morgan fingerprint density at radius 3 is 1.75 bits per heavy atom. The van der Waals surface area contributed by atoms with Gasteiger partial charge in [0, 0.05) is 19.2 Å². The van der Waals surface area contributed by atoms with Gasteiger partial charge in [0.25, 0.3) is 0 Å². The molecule has 1 N–H and O–H groups in total. The summed E-state index contributed by atoms with van der Waals surface area (Å²) in [4.78, 5) is 0.